The first-order chi connectivity index (χ1) is 7.24. The molecule has 0 radical (unpaired) electrons. The second-order valence-electron chi connectivity index (χ2n) is 4.58. The monoisotopic (exact) mass is 204 g/mol. The van der Waals surface area contributed by atoms with Gasteiger partial charge >= 0.3 is 0 Å². The molecule has 0 spiro atoms. The minimum atomic E-state index is 0.629. The maximum atomic E-state index is 3.47. The summed E-state index contributed by atoms with van der Waals surface area (Å²) in [5.74, 6) is 0. The van der Waals surface area contributed by atoms with Crippen molar-refractivity contribution in [3.05, 3.63) is 35.4 Å². The summed E-state index contributed by atoms with van der Waals surface area (Å²) < 4.78 is 0. The van der Waals surface area contributed by atoms with Crippen molar-refractivity contribution in [1.29, 1.82) is 0 Å². The number of hydrogen-bond acceptors (Lipinski definition) is 2. The van der Waals surface area contributed by atoms with E-state index in [1.165, 1.54) is 11.1 Å². The van der Waals surface area contributed by atoms with E-state index in [4.69, 9.17) is 0 Å². The summed E-state index contributed by atoms with van der Waals surface area (Å²) in [4.78, 5) is 2.52. The van der Waals surface area contributed by atoms with Crippen LogP contribution in [0, 0.1) is 6.92 Å². The van der Waals surface area contributed by atoms with Crippen molar-refractivity contribution in [2.45, 2.75) is 26.4 Å². The zero-order valence-electron chi connectivity index (χ0n) is 9.66. The molecule has 0 aliphatic carbocycles. The molecule has 0 saturated carbocycles. The van der Waals surface area contributed by atoms with Crippen LogP contribution in [0.3, 0.4) is 0 Å². The second-order valence-corrected chi connectivity index (χ2v) is 4.58. The summed E-state index contributed by atoms with van der Waals surface area (Å²) in [6, 6.07) is 9.50. The lowest BCUT2D eigenvalue weighted by Crippen LogP contribution is -2.48. The number of piperazine rings is 1. The molecule has 0 aromatic heterocycles. The van der Waals surface area contributed by atoms with Crippen molar-refractivity contribution < 1.29 is 0 Å². The molecule has 2 heteroatoms. The molecule has 1 aliphatic rings. The fourth-order valence-corrected chi connectivity index (χ4v) is 2.11. The van der Waals surface area contributed by atoms with Crippen LogP contribution in [0.2, 0.25) is 0 Å². The first kappa shape index (κ1) is 10.7. The predicted molar refractivity (Wildman–Crippen MR) is 63.9 cm³/mol. The molecule has 1 heterocycles. The number of nitrogens with one attached hydrogen (secondary N) is 1. The van der Waals surface area contributed by atoms with E-state index >= 15 is 0 Å². The van der Waals surface area contributed by atoms with Gasteiger partial charge in [-0.05, 0) is 19.4 Å². The zero-order valence-corrected chi connectivity index (χ0v) is 9.66. The molecule has 0 unspecified atom stereocenters. The van der Waals surface area contributed by atoms with Gasteiger partial charge in [0, 0.05) is 32.2 Å². The van der Waals surface area contributed by atoms with Crippen LogP contribution in [0.15, 0.2) is 24.3 Å². The Morgan fingerprint density at radius 2 is 2.07 bits per heavy atom. The molecular formula is C13H20N2. The Balaban J connectivity index is 1.93. The lowest BCUT2D eigenvalue weighted by Gasteiger charge is -2.31. The van der Waals surface area contributed by atoms with Gasteiger partial charge in [-0.1, -0.05) is 29.8 Å². The number of aryl methyl sites for hydroxylation is 1. The lowest BCUT2D eigenvalue weighted by molar-refractivity contribution is 0.199. The third-order valence-electron chi connectivity index (χ3n) is 2.98. The molecule has 0 amide bonds. The highest BCUT2D eigenvalue weighted by Crippen LogP contribution is 2.08. The summed E-state index contributed by atoms with van der Waals surface area (Å²) >= 11 is 0. The normalized spacial score (nSPS) is 22.9. The highest BCUT2D eigenvalue weighted by Gasteiger charge is 2.14. The van der Waals surface area contributed by atoms with E-state index in [-0.39, 0.29) is 0 Å². The first-order valence-corrected chi connectivity index (χ1v) is 5.75. The molecular weight excluding hydrogens is 184 g/mol. The molecule has 1 aromatic carbocycles. The summed E-state index contributed by atoms with van der Waals surface area (Å²) in [5, 5.41) is 3.47. The molecule has 2 nitrogen and oxygen atoms in total. The summed E-state index contributed by atoms with van der Waals surface area (Å²) in [6.07, 6.45) is 0. The molecule has 1 aliphatic heterocycles. The van der Waals surface area contributed by atoms with Gasteiger partial charge in [0.25, 0.3) is 0 Å². The molecule has 1 aromatic rings. The SMILES string of the molecule is Cc1ccc(CN2CCN[C@@H](C)C2)cc1. The van der Waals surface area contributed by atoms with Crippen LogP contribution in [0.1, 0.15) is 18.1 Å². The Morgan fingerprint density at radius 3 is 2.73 bits per heavy atom. The molecule has 15 heavy (non-hydrogen) atoms. The van der Waals surface area contributed by atoms with Gasteiger partial charge in [-0.15, -0.1) is 0 Å². The van der Waals surface area contributed by atoms with E-state index in [1.54, 1.807) is 0 Å². The summed E-state index contributed by atoms with van der Waals surface area (Å²) in [6.45, 7) is 8.92. The van der Waals surface area contributed by atoms with Gasteiger partial charge in [0.15, 0.2) is 0 Å². The molecule has 82 valence electrons. The Morgan fingerprint density at radius 1 is 1.33 bits per heavy atom. The van der Waals surface area contributed by atoms with Crippen molar-refractivity contribution in [3.63, 3.8) is 0 Å². The van der Waals surface area contributed by atoms with Gasteiger partial charge in [0.2, 0.25) is 0 Å². The van der Waals surface area contributed by atoms with Crippen LogP contribution in [0.25, 0.3) is 0 Å². The van der Waals surface area contributed by atoms with Crippen LogP contribution in [-0.2, 0) is 6.54 Å². The van der Waals surface area contributed by atoms with Gasteiger partial charge in [0.1, 0.15) is 0 Å². The highest BCUT2D eigenvalue weighted by molar-refractivity contribution is 5.21. The Kier molecular flexibility index (Phi) is 3.39. The van der Waals surface area contributed by atoms with E-state index < -0.39 is 0 Å². The minimum Gasteiger partial charge on any atom is -0.312 e. The molecule has 1 atom stereocenters. The second kappa shape index (κ2) is 4.77. The van der Waals surface area contributed by atoms with Crippen LogP contribution in [0.5, 0.6) is 0 Å². The van der Waals surface area contributed by atoms with E-state index in [1.807, 2.05) is 0 Å². The molecule has 2 rings (SSSR count). The van der Waals surface area contributed by atoms with Gasteiger partial charge in [-0.2, -0.15) is 0 Å². The standard InChI is InChI=1S/C13H20N2/c1-11-3-5-13(6-4-11)10-15-8-7-14-12(2)9-15/h3-6,12,14H,7-10H2,1-2H3/t12-/m0/s1. The number of benzene rings is 1. The number of nitrogens with zero attached hydrogens (tertiary/aromatic N) is 1. The average molecular weight is 204 g/mol. The van der Waals surface area contributed by atoms with Crippen molar-refractivity contribution in [3.8, 4) is 0 Å². The van der Waals surface area contributed by atoms with E-state index in [9.17, 15) is 0 Å². The maximum Gasteiger partial charge on any atom is 0.0234 e. The van der Waals surface area contributed by atoms with E-state index in [2.05, 4.69) is 48.3 Å². The number of rotatable bonds is 2. The third kappa shape index (κ3) is 3.05. The van der Waals surface area contributed by atoms with Crippen LogP contribution >= 0.6 is 0 Å². The third-order valence-corrected chi connectivity index (χ3v) is 2.98. The molecule has 1 N–H and O–H groups in total. The predicted octanol–water partition coefficient (Wildman–Crippen LogP) is 1.79. The Hall–Kier alpha value is -0.860. The van der Waals surface area contributed by atoms with Gasteiger partial charge in [-0.25, -0.2) is 0 Å². The lowest BCUT2D eigenvalue weighted by atomic mass is 10.1. The minimum absolute atomic E-state index is 0.629. The maximum absolute atomic E-state index is 3.47. The van der Waals surface area contributed by atoms with Gasteiger partial charge in [0.05, 0.1) is 0 Å². The topological polar surface area (TPSA) is 15.3 Å². The van der Waals surface area contributed by atoms with Crippen LogP contribution < -0.4 is 5.32 Å². The summed E-state index contributed by atoms with van der Waals surface area (Å²) in [7, 11) is 0. The van der Waals surface area contributed by atoms with Crippen molar-refractivity contribution >= 4 is 0 Å². The van der Waals surface area contributed by atoms with Crippen LogP contribution in [-0.4, -0.2) is 30.6 Å². The average Bonchev–Trinajstić information content (AvgIpc) is 2.22. The molecule has 0 bridgehead atoms. The Labute approximate surface area is 92.3 Å². The fraction of sp³-hybridized carbons (Fsp3) is 0.538. The van der Waals surface area contributed by atoms with Crippen LogP contribution in [0.4, 0.5) is 0 Å². The quantitative estimate of drug-likeness (QED) is 0.790. The largest absolute Gasteiger partial charge is 0.312 e. The number of hydrogen-bond donors (Lipinski definition) is 1. The summed E-state index contributed by atoms with van der Waals surface area (Å²) in [5.41, 5.74) is 2.77. The van der Waals surface area contributed by atoms with E-state index in [0.29, 0.717) is 6.04 Å². The first-order valence-electron chi connectivity index (χ1n) is 5.75. The Bertz CT molecular complexity index is 305. The van der Waals surface area contributed by atoms with Crippen molar-refractivity contribution in [2.75, 3.05) is 19.6 Å². The van der Waals surface area contributed by atoms with Crippen molar-refractivity contribution in [1.82, 2.24) is 10.2 Å². The van der Waals surface area contributed by atoms with Gasteiger partial charge < -0.3 is 5.32 Å². The zero-order chi connectivity index (χ0) is 10.7. The molecule has 1 saturated heterocycles. The fourth-order valence-electron chi connectivity index (χ4n) is 2.11. The van der Waals surface area contributed by atoms with E-state index in [0.717, 1.165) is 26.2 Å². The van der Waals surface area contributed by atoms with Crippen molar-refractivity contribution in [2.24, 2.45) is 0 Å². The smallest absolute Gasteiger partial charge is 0.0234 e. The molecule has 1 fully saturated rings. The van der Waals surface area contributed by atoms with Gasteiger partial charge in [-0.3, -0.25) is 4.90 Å². The highest BCUT2D eigenvalue weighted by atomic mass is 15.2.